The first kappa shape index (κ1) is 16.5. The summed E-state index contributed by atoms with van der Waals surface area (Å²) in [5, 5.41) is 11.6. The maximum absolute atomic E-state index is 4.16. The Morgan fingerprint density at radius 3 is 2.36 bits per heavy atom. The van der Waals surface area contributed by atoms with E-state index in [-0.39, 0.29) is 0 Å². The Morgan fingerprint density at radius 2 is 1.59 bits per heavy atom. The molecule has 0 atom stereocenters. The van der Waals surface area contributed by atoms with E-state index in [4.69, 9.17) is 0 Å². The number of nitrogens with zero attached hydrogens (tertiary/aromatic N) is 2. The van der Waals surface area contributed by atoms with E-state index in [1.54, 1.807) is 0 Å². The zero-order chi connectivity index (χ0) is 15.5. The summed E-state index contributed by atoms with van der Waals surface area (Å²) in [4.78, 5) is 0. The summed E-state index contributed by atoms with van der Waals surface area (Å²) < 4.78 is 0. The number of rotatable bonds is 10. The van der Waals surface area contributed by atoms with Gasteiger partial charge in [-0.3, -0.25) is 0 Å². The summed E-state index contributed by atoms with van der Waals surface area (Å²) in [6.45, 7) is 3.23. The third-order valence-electron chi connectivity index (χ3n) is 3.85. The summed E-state index contributed by atoms with van der Waals surface area (Å²) in [5.74, 6) is 0.868. The van der Waals surface area contributed by atoms with Gasteiger partial charge >= 0.3 is 0 Å². The Morgan fingerprint density at radius 1 is 0.864 bits per heavy atom. The zero-order valence-electron chi connectivity index (χ0n) is 13.6. The van der Waals surface area contributed by atoms with Gasteiger partial charge in [-0.1, -0.05) is 75.8 Å². The second-order valence-corrected chi connectivity index (χ2v) is 5.74. The minimum atomic E-state index is 0.868. The van der Waals surface area contributed by atoms with Crippen LogP contribution in [0.5, 0.6) is 0 Å². The molecule has 3 nitrogen and oxygen atoms in total. The molecule has 0 aliphatic heterocycles. The van der Waals surface area contributed by atoms with Crippen molar-refractivity contribution in [2.45, 2.75) is 51.9 Å². The van der Waals surface area contributed by atoms with Crippen LogP contribution in [0.1, 0.15) is 51.9 Å². The van der Waals surface area contributed by atoms with Crippen LogP contribution in [-0.2, 0) is 0 Å². The predicted octanol–water partition coefficient (Wildman–Crippen LogP) is 5.31. The lowest BCUT2D eigenvalue weighted by atomic mass is 10.1. The van der Waals surface area contributed by atoms with Crippen molar-refractivity contribution in [3.05, 3.63) is 42.6 Å². The number of hydrogen-bond donors (Lipinski definition) is 1. The fraction of sp³-hybridized carbons (Fsp3) is 0.474. The third-order valence-corrected chi connectivity index (χ3v) is 3.85. The van der Waals surface area contributed by atoms with E-state index < -0.39 is 0 Å². The highest BCUT2D eigenvalue weighted by Gasteiger charge is 2.00. The van der Waals surface area contributed by atoms with Gasteiger partial charge < -0.3 is 5.32 Å². The number of unbranched alkanes of at least 4 members (excludes halogenated alkanes) is 6. The van der Waals surface area contributed by atoms with Crippen LogP contribution in [0.2, 0.25) is 0 Å². The van der Waals surface area contributed by atoms with E-state index in [9.17, 15) is 0 Å². The van der Waals surface area contributed by atoms with Crippen LogP contribution in [-0.4, -0.2) is 16.7 Å². The molecule has 2 aromatic rings. The molecule has 0 unspecified atom stereocenters. The number of anilines is 1. The summed E-state index contributed by atoms with van der Waals surface area (Å²) >= 11 is 0. The topological polar surface area (TPSA) is 37.8 Å². The molecule has 0 fully saturated rings. The van der Waals surface area contributed by atoms with Crippen molar-refractivity contribution in [1.82, 2.24) is 10.2 Å². The molecule has 0 bridgehead atoms. The van der Waals surface area contributed by atoms with Gasteiger partial charge in [0.15, 0.2) is 0 Å². The Hall–Kier alpha value is -1.90. The monoisotopic (exact) mass is 297 g/mol. The summed E-state index contributed by atoms with van der Waals surface area (Å²) in [7, 11) is 0. The maximum Gasteiger partial charge on any atom is 0.149 e. The molecule has 1 heterocycles. The average Bonchev–Trinajstić information content (AvgIpc) is 2.58. The molecule has 3 heteroatoms. The molecule has 2 rings (SSSR count). The van der Waals surface area contributed by atoms with Gasteiger partial charge in [-0.15, -0.1) is 5.10 Å². The first-order chi connectivity index (χ1) is 10.9. The minimum Gasteiger partial charge on any atom is -0.369 e. The SMILES string of the molecule is CCCCCCCCCNc1cc(-c2ccccc2)cnn1. The first-order valence-corrected chi connectivity index (χ1v) is 8.52. The van der Waals surface area contributed by atoms with Crippen LogP contribution < -0.4 is 5.32 Å². The summed E-state index contributed by atoms with van der Waals surface area (Å²) in [5.41, 5.74) is 2.29. The smallest absolute Gasteiger partial charge is 0.149 e. The van der Waals surface area contributed by atoms with Crippen molar-refractivity contribution >= 4 is 5.82 Å². The number of nitrogens with one attached hydrogen (secondary N) is 1. The van der Waals surface area contributed by atoms with Gasteiger partial charge in [0, 0.05) is 12.1 Å². The predicted molar refractivity (Wildman–Crippen MR) is 94.0 cm³/mol. The lowest BCUT2D eigenvalue weighted by Crippen LogP contribution is -2.04. The fourth-order valence-corrected chi connectivity index (χ4v) is 2.54. The number of benzene rings is 1. The molecule has 0 spiro atoms. The number of hydrogen-bond acceptors (Lipinski definition) is 3. The van der Waals surface area contributed by atoms with Crippen LogP contribution >= 0.6 is 0 Å². The molecule has 0 saturated heterocycles. The van der Waals surface area contributed by atoms with Gasteiger partial charge in [-0.25, -0.2) is 0 Å². The molecular formula is C19H27N3. The molecule has 1 N–H and O–H groups in total. The Kier molecular flexibility index (Phi) is 7.44. The van der Waals surface area contributed by atoms with Gasteiger partial charge in [0.2, 0.25) is 0 Å². The van der Waals surface area contributed by atoms with E-state index in [2.05, 4.69) is 40.6 Å². The zero-order valence-corrected chi connectivity index (χ0v) is 13.6. The second kappa shape index (κ2) is 9.93. The van der Waals surface area contributed by atoms with E-state index in [0.717, 1.165) is 17.9 Å². The molecule has 0 aliphatic carbocycles. The van der Waals surface area contributed by atoms with E-state index in [0.29, 0.717) is 0 Å². The summed E-state index contributed by atoms with van der Waals surface area (Å²) in [6, 6.07) is 12.4. The molecule has 118 valence electrons. The van der Waals surface area contributed by atoms with Crippen molar-refractivity contribution in [3.63, 3.8) is 0 Å². The Labute approximate surface area is 134 Å². The first-order valence-electron chi connectivity index (χ1n) is 8.52. The lowest BCUT2D eigenvalue weighted by molar-refractivity contribution is 0.596. The molecular weight excluding hydrogens is 270 g/mol. The molecule has 22 heavy (non-hydrogen) atoms. The normalized spacial score (nSPS) is 10.6. The molecule has 0 aliphatic rings. The van der Waals surface area contributed by atoms with Crippen LogP contribution in [0, 0.1) is 0 Å². The van der Waals surface area contributed by atoms with Crippen molar-refractivity contribution in [2.24, 2.45) is 0 Å². The Bertz CT molecular complexity index is 525. The molecule has 0 radical (unpaired) electrons. The number of aromatic nitrogens is 2. The van der Waals surface area contributed by atoms with Crippen molar-refractivity contribution in [3.8, 4) is 11.1 Å². The largest absolute Gasteiger partial charge is 0.369 e. The van der Waals surface area contributed by atoms with Crippen molar-refractivity contribution in [2.75, 3.05) is 11.9 Å². The van der Waals surface area contributed by atoms with E-state index in [1.165, 1.54) is 50.5 Å². The minimum absolute atomic E-state index is 0.868. The maximum atomic E-state index is 4.16. The van der Waals surface area contributed by atoms with Gasteiger partial charge in [0.1, 0.15) is 5.82 Å². The highest BCUT2D eigenvalue weighted by molar-refractivity contribution is 5.64. The summed E-state index contributed by atoms with van der Waals surface area (Å²) in [6.07, 6.45) is 11.1. The van der Waals surface area contributed by atoms with Crippen LogP contribution in [0.3, 0.4) is 0 Å². The van der Waals surface area contributed by atoms with E-state index >= 15 is 0 Å². The molecule has 1 aromatic carbocycles. The molecule has 0 amide bonds. The highest BCUT2D eigenvalue weighted by Crippen LogP contribution is 2.19. The molecule has 1 aromatic heterocycles. The van der Waals surface area contributed by atoms with Gasteiger partial charge in [-0.2, -0.15) is 5.10 Å². The van der Waals surface area contributed by atoms with E-state index in [1.807, 2.05) is 24.4 Å². The van der Waals surface area contributed by atoms with Crippen molar-refractivity contribution < 1.29 is 0 Å². The van der Waals surface area contributed by atoms with Crippen LogP contribution in [0.4, 0.5) is 5.82 Å². The lowest BCUT2D eigenvalue weighted by Gasteiger charge is -2.07. The fourth-order valence-electron chi connectivity index (χ4n) is 2.54. The standard InChI is InChI=1S/C19H27N3/c1-2-3-4-5-6-7-11-14-20-19-15-18(16-21-22-19)17-12-9-8-10-13-17/h8-10,12-13,15-16H,2-7,11,14H2,1H3,(H,20,22). The van der Waals surface area contributed by atoms with Gasteiger partial charge in [0.05, 0.1) is 6.20 Å². The molecule has 0 saturated carbocycles. The highest BCUT2D eigenvalue weighted by atomic mass is 15.2. The quantitative estimate of drug-likeness (QED) is 0.604. The second-order valence-electron chi connectivity index (χ2n) is 5.74. The van der Waals surface area contributed by atoms with Crippen molar-refractivity contribution in [1.29, 1.82) is 0 Å². The van der Waals surface area contributed by atoms with Crippen LogP contribution in [0.15, 0.2) is 42.6 Å². The third kappa shape index (κ3) is 5.84. The van der Waals surface area contributed by atoms with Gasteiger partial charge in [-0.05, 0) is 18.1 Å². The average molecular weight is 297 g/mol. The van der Waals surface area contributed by atoms with Gasteiger partial charge in [0.25, 0.3) is 0 Å². The van der Waals surface area contributed by atoms with Crippen LogP contribution in [0.25, 0.3) is 11.1 Å². The Balaban J connectivity index is 1.70.